The minimum Gasteiger partial charge on any atom is -0.395 e. The van der Waals surface area contributed by atoms with Gasteiger partial charge in [-0.15, -0.1) is 11.3 Å². The van der Waals surface area contributed by atoms with Gasteiger partial charge in [0.2, 0.25) is 0 Å². The third kappa shape index (κ3) is 2.07. The lowest BCUT2D eigenvalue weighted by Crippen LogP contribution is -2.44. The molecular weight excluding hydrogens is 274 g/mol. The number of rotatable bonds is 3. The number of nitrogens with zero attached hydrogens (tertiary/aromatic N) is 2. The fraction of sp³-hybridized carbons (Fsp3) is 0.286. The number of β-amino-alcohol motifs (C(OH)–C–C–N with tert-alkyl or cyclic N) is 1. The Hall–Kier alpha value is -1.92. The van der Waals surface area contributed by atoms with Crippen LogP contribution in [0, 0.1) is 6.92 Å². The molecule has 1 aliphatic heterocycles. The molecular formula is C14H15N3O2S. The smallest absolute Gasteiger partial charge is 0.257 e. The summed E-state index contributed by atoms with van der Waals surface area (Å²) in [6, 6.07) is 7.43. The highest BCUT2D eigenvalue weighted by Gasteiger charge is 2.33. The van der Waals surface area contributed by atoms with Crippen LogP contribution in [-0.2, 0) is 0 Å². The van der Waals surface area contributed by atoms with E-state index in [-0.39, 0.29) is 18.7 Å². The first-order valence-electron chi connectivity index (χ1n) is 6.39. The Labute approximate surface area is 120 Å². The van der Waals surface area contributed by atoms with E-state index in [4.69, 9.17) is 0 Å². The molecule has 5 nitrogen and oxygen atoms in total. The summed E-state index contributed by atoms with van der Waals surface area (Å²) in [7, 11) is 0. The van der Waals surface area contributed by atoms with Gasteiger partial charge in [0, 0.05) is 12.2 Å². The highest BCUT2D eigenvalue weighted by atomic mass is 32.1. The molecule has 1 aromatic heterocycles. The average molecular weight is 289 g/mol. The number of para-hydroxylation sites is 1. The Morgan fingerprint density at radius 2 is 2.25 bits per heavy atom. The summed E-state index contributed by atoms with van der Waals surface area (Å²) >= 11 is 1.51. The van der Waals surface area contributed by atoms with E-state index in [9.17, 15) is 9.90 Å². The second kappa shape index (κ2) is 5.22. The number of fused-ring (bicyclic) bond motifs is 1. The minimum atomic E-state index is -0.267. The van der Waals surface area contributed by atoms with Crippen LogP contribution in [0.5, 0.6) is 0 Å². The maximum absolute atomic E-state index is 12.6. The quantitative estimate of drug-likeness (QED) is 0.907. The number of thiazole rings is 1. The monoisotopic (exact) mass is 289 g/mol. The Balaban J connectivity index is 2.05. The van der Waals surface area contributed by atoms with Crippen LogP contribution < -0.4 is 5.32 Å². The molecule has 1 aromatic carbocycles. The second-order valence-corrected chi connectivity index (χ2v) is 5.50. The van der Waals surface area contributed by atoms with Crippen LogP contribution in [0.15, 0.2) is 29.8 Å². The summed E-state index contributed by atoms with van der Waals surface area (Å²) in [5.74, 6) is -0.0637. The number of carbonyl (C=O) groups excluding carboxylic acids is 1. The second-order valence-electron chi connectivity index (χ2n) is 4.62. The van der Waals surface area contributed by atoms with Gasteiger partial charge in [-0.3, -0.25) is 4.79 Å². The molecule has 2 heterocycles. The van der Waals surface area contributed by atoms with E-state index in [1.54, 1.807) is 16.5 Å². The average Bonchev–Trinajstić information content (AvgIpc) is 2.88. The summed E-state index contributed by atoms with van der Waals surface area (Å²) in [4.78, 5) is 19.5. The van der Waals surface area contributed by atoms with Crippen molar-refractivity contribution < 1.29 is 9.90 Å². The molecule has 1 atom stereocenters. The lowest BCUT2D eigenvalue weighted by atomic mass is 10.1. The van der Waals surface area contributed by atoms with Gasteiger partial charge in [0.05, 0.1) is 28.3 Å². The van der Waals surface area contributed by atoms with E-state index >= 15 is 0 Å². The first-order valence-corrected chi connectivity index (χ1v) is 7.27. The van der Waals surface area contributed by atoms with Crippen molar-refractivity contribution in [2.24, 2.45) is 0 Å². The molecule has 6 heteroatoms. The molecule has 1 amide bonds. The molecule has 0 spiro atoms. The maximum Gasteiger partial charge on any atom is 0.257 e. The lowest BCUT2D eigenvalue weighted by molar-refractivity contribution is 0.0643. The summed E-state index contributed by atoms with van der Waals surface area (Å²) < 4.78 is 0. The van der Waals surface area contributed by atoms with Crippen LogP contribution in [0.3, 0.4) is 0 Å². The van der Waals surface area contributed by atoms with E-state index in [0.717, 1.165) is 16.3 Å². The van der Waals surface area contributed by atoms with Crippen LogP contribution in [0.2, 0.25) is 0 Å². The molecule has 0 fully saturated rings. The number of aromatic nitrogens is 1. The van der Waals surface area contributed by atoms with Crippen LogP contribution in [0.1, 0.15) is 27.1 Å². The fourth-order valence-corrected chi connectivity index (χ4v) is 3.27. The van der Waals surface area contributed by atoms with Crippen molar-refractivity contribution in [1.82, 2.24) is 9.88 Å². The van der Waals surface area contributed by atoms with Crippen molar-refractivity contribution >= 4 is 22.9 Å². The van der Waals surface area contributed by atoms with Gasteiger partial charge in [-0.05, 0) is 19.1 Å². The first kappa shape index (κ1) is 13.1. The zero-order valence-electron chi connectivity index (χ0n) is 11.0. The number of anilines is 1. The largest absolute Gasteiger partial charge is 0.395 e. The van der Waals surface area contributed by atoms with Crippen molar-refractivity contribution in [1.29, 1.82) is 0 Å². The van der Waals surface area contributed by atoms with E-state index in [1.165, 1.54) is 11.3 Å². The van der Waals surface area contributed by atoms with E-state index < -0.39 is 0 Å². The molecule has 0 bridgehead atoms. The number of aryl methyl sites for hydroxylation is 1. The third-order valence-electron chi connectivity index (χ3n) is 3.39. The van der Waals surface area contributed by atoms with Gasteiger partial charge in [0.25, 0.3) is 5.91 Å². The number of hydrogen-bond donors (Lipinski definition) is 2. The van der Waals surface area contributed by atoms with Gasteiger partial charge in [-0.1, -0.05) is 12.1 Å². The number of aliphatic hydroxyl groups is 1. The Morgan fingerprint density at radius 1 is 1.45 bits per heavy atom. The molecule has 1 unspecified atom stereocenters. The van der Waals surface area contributed by atoms with Crippen molar-refractivity contribution in [3.05, 3.63) is 45.9 Å². The standard InChI is InChI=1S/C14H15N3O2S/c1-9-12(20-8-15-9)13-16-11-5-3-2-4-10(11)14(19)17(13)6-7-18/h2-5,8,13,16,18H,6-7H2,1H3. The van der Waals surface area contributed by atoms with Gasteiger partial charge in [0.1, 0.15) is 6.17 Å². The predicted octanol–water partition coefficient (Wildman–Crippen LogP) is 2.01. The van der Waals surface area contributed by atoms with E-state index in [0.29, 0.717) is 12.1 Å². The van der Waals surface area contributed by atoms with Gasteiger partial charge in [-0.2, -0.15) is 0 Å². The molecule has 3 rings (SSSR count). The minimum absolute atomic E-state index is 0.0637. The molecule has 0 saturated carbocycles. The highest BCUT2D eigenvalue weighted by Crippen LogP contribution is 2.35. The van der Waals surface area contributed by atoms with Crippen molar-refractivity contribution in [2.75, 3.05) is 18.5 Å². The maximum atomic E-state index is 12.6. The van der Waals surface area contributed by atoms with Crippen LogP contribution >= 0.6 is 11.3 Å². The molecule has 0 radical (unpaired) electrons. The number of hydrogen-bond acceptors (Lipinski definition) is 5. The summed E-state index contributed by atoms with van der Waals surface area (Å²) in [5, 5.41) is 12.6. The molecule has 2 N–H and O–H groups in total. The number of carbonyl (C=O) groups is 1. The van der Waals surface area contributed by atoms with Crippen LogP contribution in [0.4, 0.5) is 5.69 Å². The zero-order chi connectivity index (χ0) is 14.1. The Kier molecular flexibility index (Phi) is 3.42. The molecule has 0 aliphatic carbocycles. The molecule has 0 saturated heterocycles. The third-order valence-corrected chi connectivity index (χ3v) is 4.38. The Morgan fingerprint density at radius 3 is 2.95 bits per heavy atom. The zero-order valence-corrected chi connectivity index (χ0v) is 11.9. The van der Waals surface area contributed by atoms with Crippen LogP contribution in [0.25, 0.3) is 0 Å². The normalized spacial score (nSPS) is 17.8. The number of amides is 1. The summed E-state index contributed by atoms with van der Waals surface area (Å²) in [6.45, 7) is 2.15. The number of aliphatic hydroxyl groups excluding tert-OH is 1. The predicted molar refractivity (Wildman–Crippen MR) is 77.8 cm³/mol. The fourth-order valence-electron chi connectivity index (χ4n) is 2.41. The van der Waals surface area contributed by atoms with Crippen molar-refractivity contribution in [3.63, 3.8) is 0 Å². The van der Waals surface area contributed by atoms with Crippen LogP contribution in [-0.4, -0.2) is 34.0 Å². The lowest BCUT2D eigenvalue weighted by Gasteiger charge is -2.37. The first-order chi connectivity index (χ1) is 9.72. The van der Waals surface area contributed by atoms with Crippen molar-refractivity contribution in [2.45, 2.75) is 13.1 Å². The SMILES string of the molecule is Cc1ncsc1C1Nc2ccccc2C(=O)N1CCO. The molecule has 20 heavy (non-hydrogen) atoms. The number of benzene rings is 1. The topological polar surface area (TPSA) is 65.5 Å². The van der Waals surface area contributed by atoms with Gasteiger partial charge in [-0.25, -0.2) is 4.98 Å². The van der Waals surface area contributed by atoms with Gasteiger partial charge >= 0.3 is 0 Å². The van der Waals surface area contributed by atoms with E-state index in [1.807, 2.05) is 25.1 Å². The molecule has 2 aromatic rings. The Bertz CT molecular complexity index is 641. The van der Waals surface area contributed by atoms with Gasteiger partial charge < -0.3 is 15.3 Å². The highest BCUT2D eigenvalue weighted by molar-refractivity contribution is 7.09. The number of nitrogens with one attached hydrogen (secondary N) is 1. The summed E-state index contributed by atoms with van der Waals surface area (Å²) in [6.07, 6.45) is -0.267. The van der Waals surface area contributed by atoms with Gasteiger partial charge in [0.15, 0.2) is 0 Å². The van der Waals surface area contributed by atoms with E-state index in [2.05, 4.69) is 10.3 Å². The summed E-state index contributed by atoms with van der Waals surface area (Å²) in [5.41, 5.74) is 4.14. The molecule has 104 valence electrons. The van der Waals surface area contributed by atoms with Crippen molar-refractivity contribution in [3.8, 4) is 0 Å². The molecule has 1 aliphatic rings.